The summed E-state index contributed by atoms with van der Waals surface area (Å²) >= 11 is 7.46. The van der Waals surface area contributed by atoms with Gasteiger partial charge in [0.25, 0.3) is 0 Å². The molecular weight excluding hydrogens is 218 g/mol. The molecule has 1 aromatic heterocycles. The lowest BCUT2D eigenvalue weighted by atomic mass is 10.1. The highest BCUT2D eigenvalue weighted by Gasteiger charge is 2.22. The van der Waals surface area contributed by atoms with Crippen LogP contribution in [0.5, 0.6) is 0 Å². The average molecular weight is 232 g/mol. The normalized spacial score (nSPS) is 27.9. The molecule has 2 nitrogen and oxygen atoms in total. The number of rotatable bonds is 2. The van der Waals surface area contributed by atoms with E-state index in [0.717, 1.165) is 23.8 Å². The molecule has 0 saturated carbocycles. The Hall–Kier alpha value is -0.0900. The van der Waals surface area contributed by atoms with Gasteiger partial charge in [-0.05, 0) is 23.4 Å². The van der Waals surface area contributed by atoms with Crippen LogP contribution >= 0.6 is 22.9 Å². The first-order chi connectivity index (χ1) is 6.79. The molecule has 0 spiro atoms. The van der Waals surface area contributed by atoms with E-state index in [2.05, 4.69) is 17.6 Å². The van der Waals surface area contributed by atoms with E-state index in [1.165, 1.54) is 5.56 Å². The van der Waals surface area contributed by atoms with Crippen LogP contribution in [-0.4, -0.2) is 19.2 Å². The third kappa shape index (κ3) is 2.28. The molecule has 1 N–H and O–H groups in total. The Labute approximate surface area is 93.2 Å². The van der Waals surface area contributed by atoms with Crippen molar-refractivity contribution in [3.05, 3.63) is 21.3 Å². The lowest BCUT2D eigenvalue weighted by molar-refractivity contribution is -0.0397. The molecule has 2 unspecified atom stereocenters. The van der Waals surface area contributed by atoms with Gasteiger partial charge in [-0.2, -0.15) is 0 Å². The minimum absolute atomic E-state index is 0.178. The molecule has 1 aromatic rings. The quantitative estimate of drug-likeness (QED) is 0.845. The first-order valence-corrected chi connectivity index (χ1v) is 6.15. The summed E-state index contributed by atoms with van der Waals surface area (Å²) in [5.41, 5.74) is 1.20. The summed E-state index contributed by atoms with van der Waals surface area (Å²) < 4.78 is 6.76. The van der Waals surface area contributed by atoms with E-state index in [9.17, 15) is 0 Å². The van der Waals surface area contributed by atoms with E-state index in [0.29, 0.717) is 6.10 Å². The van der Waals surface area contributed by atoms with Crippen LogP contribution in [0.3, 0.4) is 0 Å². The van der Waals surface area contributed by atoms with Gasteiger partial charge in [-0.25, -0.2) is 0 Å². The number of hydrogen-bond donors (Lipinski definition) is 1. The second-order valence-corrected chi connectivity index (χ2v) is 5.04. The van der Waals surface area contributed by atoms with Crippen molar-refractivity contribution < 1.29 is 4.74 Å². The second kappa shape index (κ2) is 4.62. The summed E-state index contributed by atoms with van der Waals surface area (Å²) in [7, 11) is 0. The maximum Gasteiger partial charge on any atom is 0.0962 e. The number of hydrogen-bond acceptors (Lipinski definition) is 3. The maximum atomic E-state index is 5.92. The molecule has 14 heavy (non-hydrogen) atoms. The summed E-state index contributed by atoms with van der Waals surface area (Å²) in [6, 6.07) is 2.00. The van der Waals surface area contributed by atoms with Crippen molar-refractivity contribution >= 4 is 22.9 Å². The van der Waals surface area contributed by atoms with Crippen LogP contribution in [0.1, 0.15) is 25.0 Å². The summed E-state index contributed by atoms with van der Waals surface area (Å²) in [4.78, 5) is 0. The van der Waals surface area contributed by atoms with Gasteiger partial charge in [0.1, 0.15) is 0 Å². The summed E-state index contributed by atoms with van der Waals surface area (Å²) in [5.74, 6) is 0. The molecule has 78 valence electrons. The zero-order valence-corrected chi connectivity index (χ0v) is 9.70. The van der Waals surface area contributed by atoms with Crippen molar-refractivity contribution in [2.75, 3.05) is 13.1 Å². The number of ether oxygens (including phenoxy) is 1. The van der Waals surface area contributed by atoms with Gasteiger partial charge in [0, 0.05) is 13.1 Å². The Morgan fingerprint density at radius 1 is 1.64 bits per heavy atom. The topological polar surface area (TPSA) is 21.3 Å². The smallest absolute Gasteiger partial charge is 0.0962 e. The molecule has 1 fully saturated rings. The molecule has 0 aromatic carbocycles. The van der Waals surface area contributed by atoms with Crippen LogP contribution in [0.25, 0.3) is 0 Å². The fourth-order valence-corrected chi connectivity index (χ4v) is 2.57. The van der Waals surface area contributed by atoms with Gasteiger partial charge >= 0.3 is 0 Å². The number of morpholine rings is 1. The van der Waals surface area contributed by atoms with E-state index in [4.69, 9.17) is 16.3 Å². The number of halogens is 1. The van der Waals surface area contributed by atoms with Crippen LogP contribution in [0.15, 0.2) is 11.4 Å². The van der Waals surface area contributed by atoms with Gasteiger partial charge < -0.3 is 10.1 Å². The standard InChI is InChI=1S/C10H14ClNOS/c1-2-8-4-12-5-9(13-8)7-3-10(11)14-6-7/h3,6,8-9,12H,2,4-5H2,1H3. The summed E-state index contributed by atoms with van der Waals surface area (Å²) in [6.07, 6.45) is 1.58. The zero-order valence-electron chi connectivity index (χ0n) is 8.13. The van der Waals surface area contributed by atoms with Crippen LogP contribution in [-0.2, 0) is 4.74 Å². The van der Waals surface area contributed by atoms with Crippen molar-refractivity contribution in [3.63, 3.8) is 0 Å². The van der Waals surface area contributed by atoms with Crippen molar-refractivity contribution in [2.45, 2.75) is 25.6 Å². The number of thiophene rings is 1. The van der Waals surface area contributed by atoms with Crippen molar-refractivity contribution in [2.24, 2.45) is 0 Å². The van der Waals surface area contributed by atoms with E-state index in [1.54, 1.807) is 11.3 Å². The Kier molecular flexibility index (Phi) is 3.44. The highest BCUT2D eigenvalue weighted by Crippen LogP contribution is 2.29. The van der Waals surface area contributed by atoms with E-state index in [1.807, 2.05) is 6.07 Å². The molecule has 1 aliphatic heterocycles. The van der Waals surface area contributed by atoms with Crippen LogP contribution in [0.2, 0.25) is 4.34 Å². The molecule has 1 saturated heterocycles. The Bertz CT molecular complexity index is 302. The van der Waals surface area contributed by atoms with Gasteiger partial charge in [-0.3, -0.25) is 0 Å². The van der Waals surface area contributed by atoms with Gasteiger partial charge in [0.2, 0.25) is 0 Å². The number of nitrogens with one attached hydrogen (secondary N) is 1. The van der Waals surface area contributed by atoms with Gasteiger partial charge in [0.05, 0.1) is 16.5 Å². The Morgan fingerprint density at radius 2 is 2.50 bits per heavy atom. The second-order valence-electron chi connectivity index (χ2n) is 3.50. The maximum absolute atomic E-state index is 5.92. The van der Waals surface area contributed by atoms with Gasteiger partial charge in [-0.15, -0.1) is 11.3 Å². The van der Waals surface area contributed by atoms with Gasteiger partial charge in [-0.1, -0.05) is 18.5 Å². The highest BCUT2D eigenvalue weighted by atomic mass is 35.5. The van der Waals surface area contributed by atoms with Crippen LogP contribution in [0.4, 0.5) is 0 Å². The molecule has 0 amide bonds. The fourth-order valence-electron chi connectivity index (χ4n) is 1.63. The Balaban J connectivity index is 2.04. The highest BCUT2D eigenvalue weighted by molar-refractivity contribution is 7.14. The fraction of sp³-hybridized carbons (Fsp3) is 0.600. The first-order valence-electron chi connectivity index (χ1n) is 4.89. The van der Waals surface area contributed by atoms with Crippen molar-refractivity contribution in [1.82, 2.24) is 5.32 Å². The monoisotopic (exact) mass is 231 g/mol. The molecule has 0 radical (unpaired) electrons. The lowest BCUT2D eigenvalue weighted by Gasteiger charge is -2.29. The minimum atomic E-state index is 0.178. The molecule has 0 aliphatic carbocycles. The predicted octanol–water partition coefficient (Wildman–Crippen LogP) is 2.84. The Morgan fingerprint density at radius 3 is 3.14 bits per heavy atom. The molecule has 2 rings (SSSR count). The SMILES string of the molecule is CCC1CNCC(c2csc(Cl)c2)O1. The summed E-state index contributed by atoms with van der Waals surface area (Å²) in [5, 5.41) is 5.46. The van der Waals surface area contributed by atoms with Crippen molar-refractivity contribution in [3.8, 4) is 0 Å². The molecule has 0 bridgehead atoms. The van der Waals surface area contributed by atoms with Crippen molar-refractivity contribution in [1.29, 1.82) is 0 Å². The zero-order chi connectivity index (χ0) is 9.97. The van der Waals surface area contributed by atoms with E-state index in [-0.39, 0.29) is 6.10 Å². The molecular formula is C10H14ClNOS. The van der Waals surface area contributed by atoms with E-state index >= 15 is 0 Å². The van der Waals surface area contributed by atoms with Crippen LogP contribution < -0.4 is 5.32 Å². The first kappa shape index (κ1) is 10.4. The lowest BCUT2D eigenvalue weighted by Crippen LogP contribution is -2.40. The van der Waals surface area contributed by atoms with Gasteiger partial charge in [0.15, 0.2) is 0 Å². The van der Waals surface area contributed by atoms with Crippen LogP contribution in [0, 0.1) is 0 Å². The average Bonchev–Trinajstić information content (AvgIpc) is 2.65. The minimum Gasteiger partial charge on any atom is -0.368 e. The molecule has 1 aliphatic rings. The molecule has 4 heteroatoms. The third-order valence-corrected chi connectivity index (χ3v) is 3.58. The third-order valence-electron chi connectivity index (χ3n) is 2.47. The largest absolute Gasteiger partial charge is 0.368 e. The molecule has 2 atom stereocenters. The predicted molar refractivity (Wildman–Crippen MR) is 60.1 cm³/mol. The summed E-state index contributed by atoms with van der Waals surface area (Å²) in [6.45, 7) is 4.00. The van der Waals surface area contributed by atoms with E-state index < -0.39 is 0 Å². The molecule has 2 heterocycles.